The average molecular weight is 315 g/mol. The molecule has 0 aliphatic carbocycles. The van der Waals surface area contributed by atoms with Crippen molar-refractivity contribution in [3.8, 4) is 11.5 Å². The van der Waals surface area contributed by atoms with E-state index in [1.54, 1.807) is 6.07 Å². The number of furan rings is 1. The first-order valence-corrected chi connectivity index (χ1v) is 6.23. The number of aliphatic carboxylic acids is 1. The Balaban J connectivity index is 1.91. The maximum absolute atomic E-state index is 10.3. The Hall–Kier alpha value is -1.63. The summed E-state index contributed by atoms with van der Waals surface area (Å²) in [5, 5.41) is 16.3. The van der Waals surface area contributed by atoms with Gasteiger partial charge in [-0.2, -0.15) is 0 Å². The highest BCUT2D eigenvalue weighted by Gasteiger charge is 2.13. The number of hydrogen-bond donors (Lipinski definition) is 1. The van der Waals surface area contributed by atoms with Crippen molar-refractivity contribution >= 4 is 21.9 Å². The van der Waals surface area contributed by atoms with Crippen LogP contribution in [0, 0.1) is 0 Å². The highest BCUT2D eigenvalue weighted by Crippen LogP contribution is 2.28. The Morgan fingerprint density at radius 3 is 2.89 bits per heavy atom. The molecule has 0 amide bonds. The third-order valence-electron chi connectivity index (χ3n) is 2.35. The quantitative estimate of drug-likeness (QED) is 0.824. The summed E-state index contributed by atoms with van der Waals surface area (Å²) >= 11 is 3.23. The van der Waals surface area contributed by atoms with Gasteiger partial charge in [0.2, 0.25) is 5.89 Å². The van der Waals surface area contributed by atoms with Crippen LogP contribution in [0.2, 0.25) is 0 Å². The number of hydrogen-bond acceptors (Lipinski definition) is 5. The van der Waals surface area contributed by atoms with Crippen molar-refractivity contribution in [2.45, 2.75) is 25.7 Å². The minimum atomic E-state index is -0.788. The van der Waals surface area contributed by atoms with Gasteiger partial charge in [0.15, 0.2) is 4.67 Å². The summed E-state index contributed by atoms with van der Waals surface area (Å²) in [6.07, 6.45) is 3.57. The molecule has 0 fully saturated rings. The number of nitrogens with zero attached hydrogens (tertiary/aromatic N) is 2. The highest BCUT2D eigenvalue weighted by molar-refractivity contribution is 9.10. The lowest BCUT2D eigenvalue weighted by molar-refractivity contribution is -0.137. The van der Waals surface area contributed by atoms with E-state index in [-0.39, 0.29) is 6.42 Å². The van der Waals surface area contributed by atoms with Crippen LogP contribution >= 0.6 is 15.9 Å². The van der Waals surface area contributed by atoms with E-state index in [9.17, 15) is 4.79 Å². The standard InChI is InChI=1S/C11H11BrN2O4/c12-10-7(5-6-17-10)11-14-13-8(18-11)3-1-2-4-9(15)16/h5-6H,1-4H2,(H,15,16). The maximum atomic E-state index is 10.3. The second kappa shape index (κ2) is 5.81. The molecule has 1 N–H and O–H groups in total. The zero-order valence-electron chi connectivity index (χ0n) is 9.43. The van der Waals surface area contributed by atoms with Crippen molar-refractivity contribution in [2.75, 3.05) is 0 Å². The normalized spacial score (nSPS) is 10.7. The molecule has 0 spiro atoms. The zero-order chi connectivity index (χ0) is 13.0. The number of unbranched alkanes of at least 4 members (excludes halogenated alkanes) is 1. The molecule has 7 heteroatoms. The molecule has 0 saturated heterocycles. The van der Waals surface area contributed by atoms with Crippen LogP contribution in [0.15, 0.2) is 25.8 Å². The van der Waals surface area contributed by atoms with Gasteiger partial charge in [-0.25, -0.2) is 0 Å². The second-order valence-corrected chi connectivity index (χ2v) is 4.43. The summed E-state index contributed by atoms with van der Waals surface area (Å²) in [6, 6.07) is 1.73. The minimum absolute atomic E-state index is 0.161. The van der Waals surface area contributed by atoms with Crippen LogP contribution in [0.3, 0.4) is 0 Å². The first kappa shape index (κ1) is 12.8. The van der Waals surface area contributed by atoms with Crippen LogP contribution < -0.4 is 0 Å². The van der Waals surface area contributed by atoms with Crippen LogP contribution in [0.25, 0.3) is 11.5 Å². The molecule has 0 unspecified atom stereocenters. The van der Waals surface area contributed by atoms with Crippen LogP contribution in [0.1, 0.15) is 25.2 Å². The van der Waals surface area contributed by atoms with Gasteiger partial charge in [-0.1, -0.05) is 0 Å². The van der Waals surface area contributed by atoms with E-state index in [0.717, 1.165) is 0 Å². The smallest absolute Gasteiger partial charge is 0.303 e. The average Bonchev–Trinajstić information content (AvgIpc) is 2.92. The van der Waals surface area contributed by atoms with Gasteiger partial charge in [-0.15, -0.1) is 10.2 Å². The Labute approximate surface area is 111 Å². The number of aromatic nitrogens is 2. The predicted octanol–water partition coefficient (Wildman–Crippen LogP) is 2.89. The minimum Gasteiger partial charge on any atom is -0.481 e. The van der Waals surface area contributed by atoms with Crippen molar-refractivity contribution in [3.05, 3.63) is 22.9 Å². The van der Waals surface area contributed by atoms with E-state index in [4.69, 9.17) is 13.9 Å². The van der Waals surface area contributed by atoms with Gasteiger partial charge in [0.25, 0.3) is 5.89 Å². The number of carboxylic acids is 1. The van der Waals surface area contributed by atoms with Crippen molar-refractivity contribution in [2.24, 2.45) is 0 Å². The molecular weight excluding hydrogens is 304 g/mol. The largest absolute Gasteiger partial charge is 0.481 e. The van der Waals surface area contributed by atoms with Crippen LogP contribution in [-0.4, -0.2) is 21.3 Å². The van der Waals surface area contributed by atoms with E-state index in [1.165, 1.54) is 6.26 Å². The predicted molar refractivity (Wildman–Crippen MR) is 64.9 cm³/mol. The topological polar surface area (TPSA) is 89.4 Å². The number of aryl methyl sites for hydroxylation is 1. The third kappa shape index (κ3) is 3.19. The lowest BCUT2D eigenvalue weighted by Crippen LogP contribution is -1.95. The molecule has 2 aromatic rings. The van der Waals surface area contributed by atoms with E-state index in [1.807, 2.05) is 0 Å². The molecule has 0 atom stereocenters. The van der Waals surface area contributed by atoms with Gasteiger partial charge >= 0.3 is 5.97 Å². The second-order valence-electron chi connectivity index (χ2n) is 3.71. The van der Waals surface area contributed by atoms with Gasteiger partial charge in [0.05, 0.1) is 11.8 Å². The SMILES string of the molecule is O=C(O)CCCCc1nnc(-c2ccoc2Br)o1. The monoisotopic (exact) mass is 314 g/mol. The number of halogens is 1. The molecule has 0 radical (unpaired) electrons. The summed E-state index contributed by atoms with van der Waals surface area (Å²) < 4.78 is 11.1. The first-order valence-electron chi connectivity index (χ1n) is 5.44. The lowest BCUT2D eigenvalue weighted by Gasteiger charge is -1.94. The number of carbonyl (C=O) groups is 1. The van der Waals surface area contributed by atoms with Crippen LogP contribution in [0.4, 0.5) is 0 Å². The molecule has 2 heterocycles. The van der Waals surface area contributed by atoms with E-state index in [0.29, 0.717) is 41.3 Å². The molecule has 0 aromatic carbocycles. The summed E-state index contributed by atoms with van der Waals surface area (Å²) in [7, 11) is 0. The van der Waals surface area contributed by atoms with E-state index >= 15 is 0 Å². The maximum Gasteiger partial charge on any atom is 0.303 e. The Morgan fingerprint density at radius 1 is 1.39 bits per heavy atom. The van der Waals surface area contributed by atoms with Crippen LogP contribution in [0.5, 0.6) is 0 Å². The van der Waals surface area contributed by atoms with E-state index < -0.39 is 5.97 Å². The summed E-state index contributed by atoms with van der Waals surface area (Å²) in [6.45, 7) is 0. The van der Waals surface area contributed by atoms with Gasteiger partial charge in [0.1, 0.15) is 0 Å². The third-order valence-corrected chi connectivity index (χ3v) is 2.96. The Bertz CT molecular complexity index is 535. The summed E-state index contributed by atoms with van der Waals surface area (Å²) in [5.74, 6) is 0.107. The summed E-state index contributed by atoms with van der Waals surface area (Å²) in [4.78, 5) is 10.3. The van der Waals surface area contributed by atoms with Crippen molar-refractivity contribution < 1.29 is 18.7 Å². The van der Waals surface area contributed by atoms with E-state index in [2.05, 4.69) is 26.1 Å². The molecule has 0 saturated carbocycles. The molecule has 0 bridgehead atoms. The first-order chi connectivity index (χ1) is 8.66. The molecular formula is C11H11BrN2O4. The molecule has 2 rings (SSSR count). The molecule has 96 valence electrons. The van der Waals surface area contributed by atoms with Crippen molar-refractivity contribution in [1.29, 1.82) is 0 Å². The molecule has 18 heavy (non-hydrogen) atoms. The number of carboxylic acid groups (broad SMARTS) is 1. The Morgan fingerprint density at radius 2 is 2.22 bits per heavy atom. The fourth-order valence-electron chi connectivity index (χ4n) is 1.46. The Kier molecular flexibility index (Phi) is 4.14. The molecule has 6 nitrogen and oxygen atoms in total. The molecule has 0 aliphatic rings. The van der Waals surface area contributed by atoms with Crippen molar-refractivity contribution in [1.82, 2.24) is 10.2 Å². The van der Waals surface area contributed by atoms with Gasteiger partial charge < -0.3 is 13.9 Å². The molecule has 2 aromatic heterocycles. The highest BCUT2D eigenvalue weighted by atomic mass is 79.9. The van der Waals surface area contributed by atoms with Crippen molar-refractivity contribution in [3.63, 3.8) is 0 Å². The lowest BCUT2D eigenvalue weighted by atomic mass is 10.2. The van der Waals surface area contributed by atoms with Gasteiger partial charge in [-0.05, 0) is 34.8 Å². The van der Waals surface area contributed by atoms with Crippen LogP contribution in [-0.2, 0) is 11.2 Å². The van der Waals surface area contributed by atoms with Gasteiger partial charge in [-0.3, -0.25) is 4.79 Å². The number of rotatable bonds is 6. The summed E-state index contributed by atoms with van der Waals surface area (Å²) in [5.41, 5.74) is 0.708. The molecule has 0 aliphatic heterocycles. The fourth-order valence-corrected chi connectivity index (χ4v) is 1.87. The fraction of sp³-hybridized carbons (Fsp3) is 0.364. The van der Waals surface area contributed by atoms with Gasteiger partial charge in [0, 0.05) is 12.8 Å². The zero-order valence-corrected chi connectivity index (χ0v) is 11.0.